The smallest absolute Gasteiger partial charge is 0.0643 e. The largest absolute Gasteiger partial charge is 0.545 e. The monoisotopic (exact) mass is 796 g/mol. The maximum atomic E-state index is 9.97. The summed E-state index contributed by atoms with van der Waals surface area (Å²) in [6.45, 7) is 0. The van der Waals surface area contributed by atoms with E-state index in [1.54, 1.807) is 0 Å². The number of hydrogen-bond acceptors (Lipinski definition) is 8. The van der Waals surface area contributed by atoms with Crippen molar-refractivity contribution in [3.8, 4) is 0 Å². The van der Waals surface area contributed by atoms with E-state index in [0.29, 0.717) is 0 Å². The quantitative estimate of drug-likeness (QED) is 0.191. The molecule has 0 N–H and O–H groups in total. The number of carboxylic acid groups (broad SMARTS) is 4. The van der Waals surface area contributed by atoms with Crippen LogP contribution in [0.5, 0.6) is 0 Å². The van der Waals surface area contributed by atoms with Crippen LogP contribution in [0.3, 0.4) is 0 Å². The van der Waals surface area contributed by atoms with Crippen molar-refractivity contribution < 1.29 is 39.6 Å². The third-order valence-corrected chi connectivity index (χ3v) is 4.85. The van der Waals surface area contributed by atoms with Gasteiger partial charge in [-0.15, -0.1) is 0 Å². The van der Waals surface area contributed by atoms with E-state index < -0.39 is 23.9 Å². The Morgan fingerprint density at radius 3 is 0.622 bits per heavy atom. The van der Waals surface area contributed by atoms with Crippen molar-refractivity contribution in [2.45, 2.75) is 0 Å². The number of benzene rings is 4. The van der Waals surface area contributed by atoms with E-state index in [1.807, 2.05) is 121 Å². The Morgan fingerprint density at radius 2 is 0.489 bits per heavy atom. The molecule has 9 heteroatoms. The standard InChI is InChI=1S/4C9H8O2.Pb/c4*10-9(11)7-6-8-4-2-1-3-5-8;/h4*1-7H,(H,10,11);/p-4/b4*7-6+;. The van der Waals surface area contributed by atoms with E-state index in [-0.39, 0.29) is 27.3 Å². The number of carbonyl (C=O) groups excluding carboxylic acids is 4. The fraction of sp³-hybridized carbons (Fsp3) is 0. The molecule has 0 amide bonds. The average Bonchev–Trinajstić information content (AvgIpc) is 3.04. The van der Waals surface area contributed by atoms with Crippen molar-refractivity contribution in [2.75, 3.05) is 0 Å². The van der Waals surface area contributed by atoms with Crippen LogP contribution >= 0.6 is 0 Å². The van der Waals surface area contributed by atoms with Crippen LogP contribution < -0.4 is 20.4 Å². The molecule has 0 spiro atoms. The summed E-state index contributed by atoms with van der Waals surface area (Å²) in [5.41, 5.74) is 3.43. The van der Waals surface area contributed by atoms with Gasteiger partial charge in [-0.3, -0.25) is 0 Å². The molecule has 4 aromatic carbocycles. The van der Waals surface area contributed by atoms with Gasteiger partial charge in [-0.1, -0.05) is 146 Å². The maximum absolute atomic E-state index is 9.97. The summed E-state index contributed by atoms with van der Waals surface area (Å²) in [4.78, 5) is 39.9. The van der Waals surface area contributed by atoms with Gasteiger partial charge >= 0.3 is 0 Å². The summed E-state index contributed by atoms with van der Waals surface area (Å²) < 4.78 is 0. The first-order chi connectivity index (χ1) is 21.2. The summed E-state index contributed by atoms with van der Waals surface area (Å²) >= 11 is 0. The van der Waals surface area contributed by atoms with Crippen molar-refractivity contribution >= 4 is 75.5 Å². The summed E-state index contributed by atoms with van der Waals surface area (Å²) in [6, 6.07) is 36.8. The molecule has 0 aliphatic carbocycles. The molecule has 0 aromatic heterocycles. The molecule has 0 heterocycles. The molecule has 0 aliphatic heterocycles. The molecule has 0 unspecified atom stereocenters. The van der Waals surface area contributed by atoms with E-state index in [1.165, 1.54) is 24.3 Å². The van der Waals surface area contributed by atoms with Gasteiger partial charge in [-0.2, -0.15) is 0 Å². The summed E-state index contributed by atoms with van der Waals surface area (Å²) in [5.74, 6) is -4.69. The van der Waals surface area contributed by atoms with Crippen molar-refractivity contribution in [1.29, 1.82) is 0 Å². The molecule has 0 saturated carbocycles. The van der Waals surface area contributed by atoms with Gasteiger partial charge in [0.15, 0.2) is 0 Å². The minimum absolute atomic E-state index is 0. The van der Waals surface area contributed by atoms with Gasteiger partial charge in [0.25, 0.3) is 0 Å². The van der Waals surface area contributed by atoms with Gasteiger partial charge in [0.2, 0.25) is 0 Å². The zero-order chi connectivity index (χ0) is 32.4. The molecule has 0 fully saturated rings. The van der Waals surface area contributed by atoms with E-state index in [4.69, 9.17) is 0 Å². The van der Waals surface area contributed by atoms with Crippen LogP contribution in [0.15, 0.2) is 146 Å². The SMILES string of the molecule is O=C([O-])/C=C/c1ccccc1.O=C([O-])/C=C/c1ccccc1.O=C([O-])/C=C/c1ccccc1.O=C([O-])/C=C/c1ccccc1.[Pb]. The normalized spacial score (nSPS) is 9.96. The Labute approximate surface area is 281 Å². The van der Waals surface area contributed by atoms with Crippen molar-refractivity contribution in [2.24, 2.45) is 0 Å². The van der Waals surface area contributed by atoms with Gasteiger partial charge in [0.1, 0.15) is 0 Å². The van der Waals surface area contributed by atoms with Crippen LogP contribution in [0.1, 0.15) is 22.3 Å². The van der Waals surface area contributed by atoms with Crippen LogP contribution in [-0.2, 0) is 19.2 Å². The molecular formula is C36H28O8Pb-4. The van der Waals surface area contributed by atoms with Crippen molar-refractivity contribution in [1.82, 2.24) is 0 Å². The molecule has 4 radical (unpaired) electrons. The Balaban J connectivity index is 0.000000569. The predicted molar refractivity (Wildman–Crippen MR) is 168 cm³/mol. The van der Waals surface area contributed by atoms with Gasteiger partial charge in [0.05, 0.1) is 23.9 Å². The molecule has 0 saturated heterocycles. The average molecular weight is 796 g/mol. The number of carbonyl (C=O) groups is 4. The summed E-state index contributed by atoms with van der Waals surface area (Å²) in [5, 5.41) is 39.9. The van der Waals surface area contributed by atoms with E-state index in [9.17, 15) is 39.6 Å². The molecule has 45 heavy (non-hydrogen) atoms. The molecule has 0 atom stereocenters. The zero-order valence-corrected chi connectivity index (χ0v) is 27.8. The number of rotatable bonds is 8. The summed E-state index contributed by atoms with van der Waals surface area (Å²) in [7, 11) is 0. The van der Waals surface area contributed by atoms with Crippen LogP contribution in [0.4, 0.5) is 0 Å². The molecule has 0 bridgehead atoms. The van der Waals surface area contributed by atoms with Gasteiger partial charge in [-0.05, 0) is 46.6 Å². The van der Waals surface area contributed by atoms with Crippen molar-refractivity contribution in [3.05, 3.63) is 168 Å². The minimum atomic E-state index is -1.17. The second-order valence-corrected chi connectivity index (χ2v) is 8.25. The molecule has 228 valence electrons. The van der Waals surface area contributed by atoms with Gasteiger partial charge < -0.3 is 39.6 Å². The zero-order valence-electron chi connectivity index (χ0n) is 23.9. The Morgan fingerprint density at radius 1 is 0.333 bits per heavy atom. The second-order valence-electron chi connectivity index (χ2n) is 8.25. The van der Waals surface area contributed by atoms with Crippen LogP contribution in [0.25, 0.3) is 24.3 Å². The molecule has 4 aromatic rings. The van der Waals surface area contributed by atoms with Crippen LogP contribution in [0, 0.1) is 0 Å². The van der Waals surface area contributed by atoms with E-state index >= 15 is 0 Å². The second kappa shape index (κ2) is 25.2. The molecule has 8 nitrogen and oxygen atoms in total. The first-order valence-electron chi connectivity index (χ1n) is 12.9. The Hall–Kier alpha value is -5.36. The fourth-order valence-corrected chi connectivity index (χ4v) is 2.91. The Kier molecular flexibility index (Phi) is 22.2. The topological polar surface area (TPSA) is 161 Å². The van der Waals surface area contributed by atoms with E-state index in [0.717, 1.165) is 46.6 Å². The third-order valence-electron chi connectivity index (χ3n) is 4.85. The molecule has 4 rings (SSSR count). The van der Waals surface area contributed by atoms with Crippen LogP contribution in [0.2, 0.25) is 0 Å². The summed E-state index contributed by atoms with van der Waals surface area (Å²) in [6.07, 6.45) is 10.0. The van der Waals surface area contributed by atoms with Gasteiger partial charge in [-0.25, -0.2) is 0 Å². The van der Waals surface area contributed by atoms with Crippen molar-refractivity contribution in [3.63, 3.8) is 0 Å². The van der Waals surface area contributed by atoms with E-state index in [2.05, 4.69) is 0 Å². The maximum Gasteiger partial charge on any atom is 0.0643 e. The first-order valence-corrected chi connectivity index (χ1v) is 12.9. The van der Waals surface area contributed by atoms with Crippen LogP contribution in [-0.4, -0.2) is 51.2 Å². The number of hydrogen-bond donors (Lipinski definition) is 0. The number of aliphatic carboxylic acids is 4. The number of carboxylic acids is 4. The minimum Gasteiger partial charge on any atom is -0.545 e. The Bertz CT molecular complexity index is 1290. The fourth-order valence-electron chi connectivity index (χ4n) is 2.91. The first kappa shape index (κ1) is 39.6. The third kappa shape index (κ3) is 23.8. The van der Waals surface area contributed by atoms with Gasteiger partial charge in [0, 0.05) is 27.3 Å². The molecular weight excluding hydrogens is 768 g/mol. The predicted octanol–water partition coefficient (Wildman–Crippen LogP) is 1.42. The molecule has 0 aliphatic rings.